The van der Waals surface area contributed by atoms with Crippen LogP contribution in [0.4, 0.5) is 4.79 Å². The Balaban J connectivity index is 2.00. The van der Waals surface area contributed by atoms with Crippen molar-refractivity contribution in [2.24, 2.45) is 16.6 Å². The molecule has 0 spiro atoms. The average molecular weight is 299 g/mol. The van der Waals surface area contributed by atoms with Gasteiger partial charge in [0.05, 0.1) is 24.7 Å². The van der Waals surface area contributed by atoms with Gasteiger partial charge in [-0.15, -0.1) is 0 Å². The van der Waals surface area contributed by atoms with Crippen LogP contribution in [0.25, 0.3) is 0 Å². The number of carboxylic acids is 1. The molecule has 0 aromatic carbocycles. The van der Waals surface area contributed by atoms with Crippen LogP contribution < -0.4 is 11.1 Å². The quantitative estimate of drug-likeness (QED) is 0.641. The Morgan fingerprint density at radius 2 is 2.05 bits per heavy atom. The predicted octanol–water partition coefficient (Wildman–Crippen LogP) is -0.617. The van der Waals surface area contributed by atoms with E-state index in [4.69, 9.17) is 10.5 Å². The number of primary amides is 1. The minimum Gasteiger partial charge on any atom is -0.481 e. The number of urea groups is 1. The molecule has 2 heterocycles. The molecular weight excluding hydrogens is 278 g/mol. The lowest BCUT2D eigenvalue weighted by Crippen LogP contribution is -2.53. The summed E-state index contributed by atoms with van der Waals surface area (Å²) in [6.07, 6.45) is 0.507. The Kier molecular flexibility index (Phi) is 3.83. The van der Waals surface area contributed by atoms with Gasteiger partial charge in [-0.05, 0) is 20.3 Å². The van der Waals surface area contributed by atoms with Gasteiger partial charge in [-0.25, -0.2) is 4.79 Å². The van der Waals surface area contributed by atoms with Gasteiger partial charge in [0.15, 0.2) is 0 Å². The lowest BCUT2D eigenvalue weighted by atomic mass is 9.85. The van der Waals surface area contributed by atoms with Crippen LogP contribution in [0.15, 0.2) is 0 Å². The summed E-state index contributed by atoms with van der Waals surface area (Å²) in [7, 11) is 0. The Morgan fingerprint density at radius 3 is 2.57 bits per heavy atom. The largest absolute Gasteiger partial charge is 0.481 e. The molecule has 3 unspecified atom stereocenters. The third-order valence-electron chi connectivity index (χ3n) is 4.60. The maximum Gasteiger partial charge on any atom is 0.317 e. The number of likely N-dealkylation sites (tertiary alicyclic amines) is 1. The average Bonchev–Trinajstić information content (AvgIpc) is 2.96. The molecule has 0 radical (unpaired) electrons. The number of amides is 3. The van der Waals surface area contributed by atoms with Crippen LogP contribution in [0.3, 0.4) is 0 Å². The molecule has 0 saturated carbocycles. The zero-order valence-electron chi connectivity index (χ0n) is 12.2. The van der Waals surface area contributed by atoms with E-state index in [-0.39, 0.29) is 25.8 Å². The molecule has 8 heteroatoms. The minimum atomic E-state index is -1.14. The minimum absolute atomic E-state index is 0.0618. The molecule has 0 aromatic rings. The van der Waals surface area contributed by atoms with E-state index in [1.165, 1.54) is 4.90 Å². The van der Waals surface area contributed by atoms with Crippen molar-refractivity contribution >= 4 is 17.9 Å². The summed E-state index contributed by atoms with van der Waals surface area (Å²) < 4.78 is 5.19. The first-order valence-corrected chi connectivity index (χ1v) is 6.85. The van der Waals surface area contributed by atoms with Crippen LogP contribution in [0.2, 0.25) is 0 Å². The summed E-state index contributed by atoms with van der Waals surface area (Å²) in [5, 5.41) is 12.0. The van der Waals surface area contributed by atoms with E-state index in [1.807, 2.05) is 0 Å². The first-order valence-electron chi connectivity index (χ1n) is 6.85. The van der Waals surface area contributed by atoms with Gasteiger partial charge in [-0.3, -0.25) is 9.59 Å². The second-order valence-corrected chi connectivity index (χ2v) is 6.34. The number of rotatable bonds is 3. The fourth-order valence-corrected chi connectivity index (χ4v) is 2.66. The van der Waals surface area contributed by atoms with Gasteiger partial charge in [-0.2, -0.15) is 0 Å². The zero-order chi connectivity index (χ0) is 15.8. The third kappa shape index (κ3) is 2.67. The van der Waals surface area contributed by atoms with Crippen molar-refractivity contribution in [2.75, 3.05) is 26.3 Å². The third-order valence-corrected chi connectivity index (χ3v) is 4.60. The monoisotopic (exact) mass is 299 g/mol. The molecule has 2 fully saturated rings. The van der Waals surface area contributed by atoms with Gasteiger partial charge >= 0.3 is 12.0 Å². The topological polar surface area (TPSA) is 122 Å². The second kappa shape index (κ2) is 5.18. The number of hydrogen-bond donors (Lipinski definition) is 3. The second-order valence-electron chi connectivity index (χ2n) is 6.34. The summed E-state index contributed by atoms with van der Waals surface area (Å²) in [6, 6.07) is -0.981. The van der Waals surface area contributed by atoms with Gasteiger partial charge < -0.3 is 25.8 Å². The molecule has 0 bridgehead atoms. The number of nitrogens with one attached hydrogen (secondary N) is 1. The summed E-state index contributed by atoms with van der Waals surface area (Å²) in [6.45, 7) is 4.16. The Bertz CT molecular complexity index is 482. The van der Waals surface area contributed by atoms with E-state index in [0.29, 0.717) is 13.0 Å². The van der Waals surface area contributed by atoms with Gasteiger partial charge in [0.1, 0.15) is 5.41 Å². The predicted molar refractivity (Wildman–Crippen MR) is 72.4 cm³/mol. The van der Waals surface area contributed by atoms with Crippen LogP contribution in [0, 0.1) is 10.8 Å². The molecule has 0 aromatic heterocycles. The SMILES string of the molecule is CC1(C(N)=O)CCN(C(=O)NC2COCC2(C)C(=O)O)C1. The zero-order valence-corrected chi connectivity index (χ0v) is 12.2. The van der Waals surface area contributed by atoms with E-state index < -0.39 is 28.7 Å². The Hall–Kier alpha value is -1.83. The first kappa shape index (κ1) is 15.6. The highest BCUT2D eigenvalue weighted by Crippen LogP contribution is 2.31. The fraction of sp³-hybridized carbons (Fsp3) is 0.769. The van der Waals surface area contributed by atoms with E-state index in [0.717, 1.165) is 0 Å². The number of nitrogens with zero attached hydrogens (tertiary/aromatic N) is 1. The molecule has 118 valence electrons. The number of ether oxygens (including phenoxy) is 1. The lowest BCUT2D eigenvalue weighted by molar-refractivity contribution is -0.148. The van der Waals surface area contributed by atoms with Crippen LogP contribution in [-0.2, 0) is 14.3 Å². The highest BCUT2D eigenvalue weighted by molar-refractivity contribution is 5.84. The Morgan fingerprint density at radius 1 is 1.38 bits per heavy atom. The number of hydrogen-bond acceptors (Lipinski definition) is 4. The van der Waals surface area contributed by atoms with Crippen molar-refractivity contribution in [1.29, 1.82) is 0 Å². The number of aliphatic carboxylic acids is 1. The standard InChI is InChI=1S/C13H21N3O5/c1-12(9(14)17)3-4-16(6-12)11(20)15-8-5-21-7-13(8,2)10(18)19/h8H,3-7H2,1-2H3,(H2,14,17)(H,15,20)(H,18,19). The van der Waals surface area contributed by atoms with Gasteiger partial charge in [-0.1, -0.05) is 0 Å². The summed E-state index contributed by atoms with van der Waals surface area (Å²) in [5.41, 5.74) is 3.49. The van der Waals surface area contributed by atoms with Crippen LogP contribution in [-0.4, -0.2) is 60.3 Å². The summed E-state index contributed by atoms with van der Waals surface area (Å²) in [5.74, 6) is -1.44. The highest BCUT2D eigenvalue weighted by Gasteiger charge is 2.48. The van der Waals surface area contributed by atoms with E-state index >= 15 is 0 Å². The van der Waals surface area contributed by atoms with Crippen molar-refractivity contribution in [3.05, 3.63) is 0 Å². The number of carboxylic acid groups (broad SMARTS) is 1. The molecule has 21 heavy (non-hydrogen) atoms. The van der Waals surface area contributed by atoms with Crippen LogP contribution in [0.5, 0.6) is 0 Å². The maximum atomic E-state index is 12.2. The van der Waals surface area contributed by atoms with E-state index in [9.17, 15) is 19.5 Å². The molecule has 4 N–H and O–H groups in total. The molecule has 3 atom stereocenters. The summed E-state index contributed by atoms with van der Waals surface area (Å²) >= 11 is 0. The smallest absolute Gasteiger partial charge is 0.317 e. The molecule has 2 aliphatic rings. The van der Waals surface area contributed by atoms with Crippen molar-refractivity contribution in [3.63, 3.8) is 0 Å². The summed E-state index contributed by atoms with van der Waals surface area (Å²) in [4.78, 5) is 36.4. The van der Waals surface area contributed by atoms with E-state index in [2.05, 4.69) is 5.32 Å². The molecular formula is C13H21N3O5. The first-order chi connectivity index (χ1) is 9.69. The van der Waals surface area contributed by atoms with Crippen molar-refractivity contribution < 1.29 is 24.2 Å². The molecule has 8 nitrogen and oxygen atoms in total. The van der Waals surface area contributed by atoms with Crippen molar-refractivity contribution in [1.82, 2.24) is 10.2 Å². The lowest BCUT2D eigenvalue weighted by Gasteiger charge is -2.28. The van der Waals surface area contributed by atoms with Crippen molar-refractivity contribution in [2.45, 2.75) is 26.3 Å². The fourth-order valence-electron chi connectivity index (χ4n) is 2.66. The molecule has 3 amide bonds. The van der Waals surface area contributed by atoms with Gasteiger partial charge in [0.25, 0.3) is 0 Å². The highest BCUT2D eigenvalue weighted by atomic mass is 16.5. The normalized spacial score (nSPS) is 35.7. The number of nitrogens with two attached hydrogens (primary N) is 1. The molecule has 0 aliphatic carbocycles. The Labute approximate surface area is 122 Å². The number of carbonyl (C=O) groups is 3. The van der Waals surface area contributed by atoms with E-state index in [1.54, 1.807) is 13.8 Å². The molecule has 2 saturated heterocycles. The number of carbonyl (C=O) groups excluding carboxylic acids is 2. The molecule has 2 aliphatic heterocycles. The van der Waals surface area contributed by atoms with Gasteiger partial charge in [0, 0.05) is 13.1 Å². The van der Waals surface area contributed by atoms with Crippen LogP contribution >= 0.6 is 0 Å². The maximum absolute atomic E-state index is 12.2. The van der Waals surface area contributed by atoms with Crippen molar-refractivity contribution in [3.8, 4) is 0 Å². The molecule has 2 rings (SSSR count). The van der Waals surface area contributed by atoms with Crippen LogP contribution in [0.1, 0.15) is 20.3 Å². The van der Waals surface area contributed by atoms with Gasteiger partial charge in [0.2, 0.25) is 5.91 Å².